The molecule has 0 saturated heterocycles. The summed E-state index contributed by atoms with van der Waals surface area (Å²) in [6.07, 6.45) is 0. The van der Waals surface area contributed by atoms with Crippen LogP contribution in [0.1, 0.15) is 10.5 Å². The van der Waals surface area contributed by atoms with E-state index < -0.39 is 5.97 Å². The highest BCUT2D eigenvalue weighted by Crippen LogP contribution is 2.38. The van der Waals surface area contributed by atoms with Crippen LogP contribution in [0.5, 0.6) is 11.5 Å². The van der Waals surface area contributed by atoms with Gasteiger partial charge in [-0.05, 0) is 22.0 Å². The Hall–Kier alpha value is -2.02. The summed E-state index contributed by atoms with van der Waals surface area (Å²) >= 11 is 3.26. The molecule has 18 heavy (non-hydrogen) atoms. The first kappa shape index (κ1) is 12.4. The molecule has 0 unspecified atom stereocenters. The Kier molecular flexibility index (Phi) is 3.24. The van der Waals surface area contributed by atoms with Crippen LogP contribution in [0, 0.1) is 0 Å². The Labute approximate surface area is 110 Å². The van der Waals surface area contributed by atoms with Gasteiger partial charge in [0, 0.05) is 12.1 Å². The van der Waals surface area contributed by atoms with Crippen LogP contribution in [0.2, 0.25) is 0 Å². The molecule has 7 heteroatoms. The minimum absolute atomic E-state index is 0.0943. The van der Waals surface area contributed by atoms with Gasteiger partial charge in [-0.1, -0.05) is 5.16 Å². The third kappa shape index (κ3) is 2.17. The number of aromatic carboxylic acids is 1. The average molecular weight is 314 g/mol. The topological polar surface area (TPSA) is 92.8 Å². The van der Waals surface area contributed by atoms with Gasteiger partial charge in [0.2, 0.25) is 0 Å². The second kappa shape index (κ2) is 4.69. The number of phenols is 1. The van der Waals surface area contributed by atoms with Crippen molar-refractivity contribution < 1.29 is 24.3 Å². The van der Waals surface area contributed by atoms with Crippen LogP contribution in [0.25, 0.3) is 11.3 Å². The van der Waals surface area contributed by atoms with Crippen molar-refractivity contribution in [2.24, 2.45) is 0 Å². The number of carboxylic acid groups (broad SMARTS) is 1. The summed E-state index contributed by atoms with van der Waals surface area (Å²) in [7, 11) is 1.47. The molecule has 0 amide bonds. The van der Waals surface area contributed by atoms with Gasteiger partial charge in [0.1, 0.15) is 11.5 Å². The number of nitrogens with zero attached hydrogens (tertiary/aromatic N) is 1. The molecule has 0 atom stereocenters. The Morgan fingerprint density at radius 2 is 2.17 bits per heavy atom. The zero-order valence-electron chi connectivity index (χ0n) is 9.18. The summed E-state index contributed by atoms with van der Waals surface area (Å²) in [6, 6.07) is 4.18. The molecule has 2 rings (SSSR count). The van der Waals surface area contributed by atoms with Crippen molar-refractivity contribution in [1.29, 1.82) is 0 Å². The Bertz CT molecular complexity index is 607. The van der Waals surface area contributed by atoms with Crippen LogP contribution in [-0.2, 0) is 0 Å². The van der Waals surface area contributed by atoms with Gasteiger partial charge in [-0.3, -0.25) is 0 Å². The van der Waals surface area contributed by atoms with Crippen molar-refractivity contribution >= 4 is 21.9 Å². The third-order valence-corrected chi connectivity index (χ3v) is 2.88. The Morgan fingerprint density at radius 3 is 2.72 bits per heavy atom. The molecule has 0 aliphatic rings. The molecule has 0 fully saturated rings. The fourth-order valence-corrected chi connectivity index (χ4v) is 1.90. The van der Waals surface area contributed by atoms with Gasteiger partial charge >= 0.3 is 5.97 Å². The molecular formula is C11H8BrNO5. The van der Waals surface area contributed by atoms with Crippen LogP contribution in [0.3, 0.4) is 0 Å². The third-order valence-electron chi connectivity index (χ3n) is 2.26. The molecule has 2 N–H and O–H groups in total. The lowest BCUT2D eigenvalue weighted by Gasteiger charge is -2.06. The van der Waals surface area contributed by atoms with Crippen LogP contribution < -0.4 is 4.74 Å². The van der Waals surface area contributed by atoms with E-state index >= 15 is 0 Å². The van der Waals surface area contributed by atoms with Gasteiger partial charge in [-0.15, -0.1) is 0 Å². The number of aromatic hydroxyl groups is 1. The minimum Gasteiger partial charge on any atom is -0.507 e. The lowest BCUT2D eigenvalue weighted by atomic mass is 10.1. The van der Waals surface area contributed by atoms with Crippen molar-refractivity contribution in [2.45, 2.75) is 0 Å². The highest BCUT2D eigenvalue weighted by Gasteiger charge is 2.17. The van der Waals surface area contributed by atoms with Crippen molar-refractivity contribution in [3.8, 4) is 22.8 Å². The molecule has 94 valence electrons. The maximum atomic E-state index is 10.7. The summed E-state index contributed by atoms with van der Waals surface area (Å²) < 4.78 is 10.5. The van der Waals surface area contributed by atoms with Crippen molar-refractivity contribution in [3.63, 3.8) is 0 Å². The fourth-order valence-electron chi connectivity index (χ4n) is 1.40. The predicted molar refractivity (Wildman–Crippen MR) is 64.8 cm³/mol. The number of halogens is 1. The fraction of sp³-hybridized carbons (Fsp3) is 0.0909. The maximum absolute atomic E-state index is 10.7. The van der Waals surface area contributed by atoms with E-state index in [1.807, 2.05) is 0 Å². The lowest BCUT2D eigenvalue weighted by molar-refractivity contribution is 0.0686. The number of carboxylic acids is 1. The van der Waals surface area contributed by atoms with Gasteiger partial charge in [-0.2, -0.15) is 0 Å². The first-order valence-corrected chi connectivity index (χ1v) is 5.59. The van der Waals surface area contributed by atoms with E-state index in [2.05, 4.69) is 21.1 Å². The standard InChI is InChI=1S/C11H8BrNO5/c1-17-10-4-8(14)5(2-6(10)12)9-3-7(11(15)16)13-18-9/h2-4,14H,1H3,(H,15,16). The molecule has 1 aromatic heterocycles. The van der Waals surface area contributed by atoms with Crippen LogP contribution in [0.4, 0.5) is 0 Å². The van der Waals surface area contributed by atoms with E-state index in [1.165, 1.54) is 19.2 Å². The molecule has 0 bridgehead atoms. The summed E-state index contributed by atoms with van der Waals surface area (Å²) in [5.74, 6) is -0.678. The number of hydrogen-bond donors (Lipinski definition) is 2. The summed E-state index contributed by atoms with van der Waals surface area (Å²) in [5, 5.41) is 21.9. The second-order valence-corrected chi connectivity index (χ2v) is 4.24. The molecule has 2 aromatic rings. The molecule has 0 radical (unpaired) electrons. The van der Waals surface area contributed by atoms with Gasteiger partial charge in [0.15, 0.2) is 11.5 Å². The highest BCUT2D eigenvalue weighted by atomic mass is 79.9. The Balaban J connectivity index is 2.50. The van der Waals surface area contributed by atoms with Gasteiger partial charge in [0.25, 0.3) is 0 Å². The average Bonchev–Trinajstić information content (AvgIpc) is 2.81. The quantitative estimate of drug-likeness (QED) is 0.904. The van der Waals surface area contributed by atoms with Gasteiger partial charge in [0.05, 0.1) is 17.1 Å². The largest absolute Gasteiger partial charge is 0.507 e. The SMILES string of the molecule is COc1cc(O)c(-c2cc(C(=O)O)no2)cc1Br. The summed E-state index contributed by atoms with van der Waals surface area (Å²) in [4.78, 5) is 10.7. The van der Waals surface area contributed by atoms with E-state index in [-0.39, 0.29) is 17.2 Å². The molecule has 0 saturated carbocycles. The van der Waals surface area contributed by atoms with E-state index in [0.717, 1.165) is 0 Å². The number of phenolic OH excluding ortho intramolecular Hbond substituents is 1. The van der Waals surface area contributed by atoms with Gasteiger partial charge in [-0.25, -0.2) is 4.79 Å². The summed E-state index contributed by atoms with van der Waals surface area (Å²) in [6.45, 7) is 0. The number of rotatable bonds is 3. The number of benzene rings is 1. The molecule has 6 nitrogen and oxygen atoms in total. The number of carbonyl (C=O) groups is 1. The lowest BCUT2D eigenvalue weighted by Crippen LogP contribution is -1.94. The van der Waals surface area contributed by atoms with E-state index in [9.17, 15) is 9.90 Å². The molecular weight excluding hydrogens is 306 g/mol. The molecule has 0 aliphatic heterocycles. The summed E-state index contributed by atoms with van der Waals surface area (Å²) in [5.41, 5.74) is 0.0963. The van der Waals surface area contributed by atoms with Crippen LogP contribution >= 0.6 is 15.9 Å². The number of methoxy groups -OCH3 is 1. The van der Waals surface area contributed by atoms with E-state index in [4.69, 9.17) is 14.4 Å². The van der Waals surface area contributed by atoms with Crippen LogP contribution in [0.15, 0.2) is 27.2 Å². The smallest absolute Gasteiger partial charge is 0.358 e. The number of aromatic nitrogens is 1. The van der Waals surface area contributed by atoms with Crippen molar-refractivity contribution in [1.82, 2.24) is 5.16 Å². The zero-order valence-corrected chi connectivity index (χ0v) is 10.8. The first-order valence-electron chi connectivity index (χ1n) is 4.80. The number of ether oxygens (including phenoxy) is 1. The molecule has 1 aromatic carbocycles. The Morgan fingerprint density at radius 1 is 1.44 bits per heavy atom. The minimum atomic E-state index is -1.20. The monoisotopic (exact) mass is 313 g/mol. The normalized spacial score (nSPS) is 10.3. The van der Waals surface area contributed by atoms with E-state index in [1.54, 1.807) is 6.07 Å². The zero-order chi connectivity index (χ0) is 13.3. The number of hydrogen-bond acceptors (Lipinski definition) is 5. The molecule has 0 spiro atoms. The predicted octanol–water partition coefficient (Wildman–Crippen LogP) is 2.52. The second-order valence-electron chi connectivity index (χ2n) is 3.39. The van der Waals surface area contributed by atoms with Crippen molar-refractivity contribution in [3.05, 3.63) is 28.4 Å². The van der Waals surface area contributed by atoms with Crippen molar-refractivity contribution in [2.75, 3.05) is 7.11 Å². The molecule has 0 aliphatic carbocycles. The van der Waals surface area contributed by atoms with Crippen LogP contribution in [-0.4, -0.2) is 28.4 Å². The van der Waals surface area contributed by atoms with E-state index in [0.29, 0.717) is 15.8 Å². The molecule has 1 heterocycles. The highest BCUT2D eigenvalue weighted by molar-refractivity contribution is 9.10. The first-order chi connectivity index (χ1) is 8.52. The van der Waals surface area contributed by atoms with Gasteiger partial charge < -0.3 is 19.5 Å². The maximum Gasteiger partial charge on any atom is 0.358 e.